The lowest BCUT2D eigenvalue weighted by Gasteiger charge is -2.19. The highest BCUT2D eigenvalue weighted by Gasteiger charge is 2.15. The summed E-state index contributed by atoms with van der Waals surface area (Å²) < 4.78 is 11.2. The molecule has 0 spiro atoms. The molecule has 150 valence electrons. The molecule has 3 aromatic rings. The van der Waals surface area contributed by atoms with Crippen molar-refractivity contribution in [2.75, 3.05) is 26.1 Å². The summed E-state index contributed by atoms with van der Waals surface area (Å²) in [4.78, 5) is 14.6. The van der Waals surface area contributed by atoms with Crippen molar-refractivity contribution in [1.29, 1.82) is 0 Å². The molecule has 3 rings (SSSR count). The molecule has 0 aliphatic heterocycles. The number of anilines is 1. The van der Waals surface area contributed by atoms with Gasteiger partial charge in [0.05, 0.1) is 0 Å². The molecule has 0 aliphatic rings. The van der Waals surface area contributed by atoms with Crippen LogP contribution in [0.1, 0.15) is 27.7 Å². The summed E-state index contributed by atoms with van der Waals surface area (Å²) in [6, 6.07) is 24.9. The highest BCUT2D eigenvalue weighted by Crippen LogP contribution is 2.20. The van der Waals surface area contributed by atoms with Gasteiger partial charge in [-0.3, -0.25) is 4.79 Å². The van der Waals surface area contributed by atoms with E-state index in [4.69, 9.17) is 9.47 Å². The van der Waals surface area contributed by atoms with Crippen molar-refractivity contribution in [3.63, 3.8) is 0 Å². The normalized spacial score (nSPS) is 11.6. The van der Waals surface area contributed by atoms with E-state index < -0.39 is 6.23 Å². The largest absolute Gasteiger partial charge is 0.489 e. The molecule has 0 radical (unpaired) electrons. The first-order valence-corrected chi connectivity index (χ1v) is 9.44. The number of carbonyl (C=O) groups is 1. The number of ether oxygens (including phenoxy) is 2. The highest BCUT2D eigenvalue weighted by atomic mass is 16.5. The number of nitrogens with zero attached hydrogens (tertiary/aromatic N) is 1. The second kappa shape index (κ2) is 9.75. The van der Waals surface area contributed by atoms with Crippen LogP contribution in [-0.2, 0) is 11.3 Å². The molecule has 5 nitrogen and oxygen atoms in total. The van der Waals surface area contributed by atoms with E-state index in [1.54, 1.807) is 31.4 Å². The number of methoxy groups -OCH3 is 1. The number of benzene rings is 3. The monoisotopic (exact) mass is 390 g/mol. The van der Waals surface area contributed by atoms with Crippen LogP contribution >= 0.6 is 0 Å². The summed E-state index contributed by atoms with van der Waals surface area (Å²) in [5.74, 6) is 0.510. The minimum Gasteiger partial charge on any atom is -0.489 e. The van der Waals surface area contributed by atoms with Crippen LogP contribution < -0.4 is 15.0 Å². The van der Waals surface area contributed by atoms with E-state index in [0.29, 0.717) is 17.9 Å². The summed E-state index contributed by atoms with van der Waals surface area (Å²) in [5, 5.41) is 2.91. The molecule has 3 aromatic carbocycles. The van der Waals surface area contributed by atoms with Gasteiger partial charge >= 0.3 is 0 Å². The smallest absolute Gasteiger partial charge is 0.253 e. The van der Waals surface area contributed by atoms with Gasteiger partial charge in [0.25, 0.3) is 5.91 Å². The lowest BCUT2D eigenvalue weighted by atomic mass is 10.1. The van der Waals surface area contributed by atoms with Crippen molar-refractivity contribution in [1.82, 2.24) is 5.32 Å². The Morgan fingerprint density at radius 2 is 1.59 bits per heavy atom. The van der Waals surface area contributed by atoms with Crippen LogP contribution in [0.2, 0.25) is 0 Å². The van der Waals surface area contributed by atoms with Crippen molar-refractivity contribution < 1.29 is 14.3 Å². The molecule has 1 amide bonds. The molecule has 0 heterocycles. The van der Waals surface area contributed by atoms with Crippen LogP contribution in [0.15, 0.2) is 78.9 Å². The summed E-state index contributed by atoms with van der Waals surface area (Å²) in [6.07, 6.45) is -0.521. The molecule has 0 saturated heterocycles. The molecule has 0 saturated carbocycles. The summed E-state index contributed by atoms with van der Waals surface area (Å²) >= 11 is 0. The zero-order chi connectivity index (χ0) is 20.6. The van der Waals surface area contributed by atoms with Gasteiger partial charge < -0.3 is 19.7 Å². The highest BCUT2D eigenvalue weighted by molar-refractivity contribution is 5.94. The maximum Gasteiger partial charge on any atom is 0.253 e. The maximum atomic E-state index is 12.6. The second-order valence-electron chi connectivity index (χ2n) is 6.87. The molecule has 29 heavy (non-hydrogen) atoms. The maximum absolute atomic E-state index is 12.6. The fourth-order valence-electron chi connectivity index (χ4n) is 2.87. The molecular weight excluding hydrogens is 364 g/mol. The third kappa shape index (κ3) is 5.59. The summed E-state index contributed by atoms with van der Waals surface area (Å²) in [5.41, 5.74) is 3.61. The standard InChI is InChI=1S/C24H26N2O3/c1-26(2)21-13-9-20(10-14-21)24(28-3)25-23(27)19-11-15-22(16-12-19)29-17-18-7-5-4-6-8-18/h4-16,24H,17H2,1-3H3,(H,25,27). The summed E-state index contributed by atoms with van der Waals surface area (Å²) in [6.45, 7) is 0.487. The summed E-state index contributed by atoms with van der Waals surface area (Å²) in [7, 11) is 5.54. The molecule has 1 N–H and O–H groups in total. The quantitative estimate of drug-likeness (QED) is 0.579. The molecule has 1 atom stereocenters. The zero-order valence-corrected chi connectivity index (χ0v) is 17.0. The number of carbonyl (C=O) groups excluding carboxylic acids is 1. The fraction of sp³-hybridized carbons (Fsp3) is 0.208. The first-order valence-electron chi connectivity index (χ1n) is 9.44. The third-order valence-electron chi connectivity index (χ3n) is 4.57. The van der Waals surface area contributed by atoms with E-state index in [2.05, 4.69) is 5.32 Å². The van der Waals surface area contributed by atoms with Gasteiger partial charge in [0.1, 0.15) is 12.4 Å². The lowest BCUT2D eigenvalue weighted by Crippen LogP contribution is -2.29. The Labute approximate surface area is 171 Å². The van der Waals surface area contributed by atoms with Crippen molar-refractivity contribution in [3.05, 3.63) is 95.6 Å². The fourth-order valence-corrected chi connectivity index (χ4v) is 2.87. The number of amides is 1. The Hall–Kier alpha value is -3.31. The Morgan fingerprint density at radius 1 is 0.931 bits per heavy atom. The van der Waals surface area contributed by atoms with Crippen LogP contribution in [0.3, 0.4) is 0 Å². The van der Waals surface area contributed by atoms with Crippen LogP contribution in [-0.4, -0.2) is 27.1 Å². The van der Waals surface area contributed by atoms with Gasteiger partial charge in [-0.05, 0) is 42.0 Å². The van der Waals surface area contributed by atoms with Crippen molar-refractivity contribution in [3.8, 4) is 5.75 Å². The minimum atomic E-state index is -0.521. The van der Waals surface area contributed by atoms with E-state index in [1.165, 1.54) is 0 Å². The van der Waals surface area contributed by atoms with Crippen molar-refractivity contribution in [2.45, 2.75) is 12.8 Å². The average molecular weight is 390 g/mol. The molecule has 1 unspecified atom stereocenters. The zero-order valence-electron chi connectivity index (χ0n) is 17.0. The first kappa shape index (κ1) is 20.4. The van der Waals surface area contributed by atoms with E-state index in [0.717, 1.165) is 16.8 Å². The SMILES string of the molecule is COC(NC(=O)c1ccc(OCc2ccccc2)cc1)c1ccc(N(C)C)cc1. The Kier molecular flexibility index (Phi) is 6.87. The number of hydrogen-bond acceptors (Lipinski definition) is 4. The lowest BCUT2D eigenvalue weighted by molar-refractivity contribution is 0.0575. The van der Waals surface area contributed by atoms with Crippen LogP contribution in [0.4, 0.5) is 5.69 Å². The van der Waals surface area contributed by atoms with Crippen molar-refractivity contribution >= 4 is 11.6 Å². The first-order chi connectivity index (χ1) is 14.1. The van der Waals surface area contributed by atoms with Crippen LogP contribution in [0.25, 0.3) is 0 Å². The van der Waals surface area contributed by atoms with Gasteiger partial charge in [-0.2, -0.15) is 0 Å². The molecular formula is C24H26N2O3. The third-order valence-corrected chi connectivity index (χ3v) is 4.57. The molecule has 0 aromatic heterocycles. The van der Waals surface area contributed by atoms with Gasteiger partial charge in [-0.25, -0.2) is 0 Å². The topological polar surface area (TPSA) is 50.8 Å². The number of hydrogen-bond donors (Lipinski definition) is 1. The molecule has 0 fully saturated rings. The van der Waals surface area contributed by atoms with Gasteiger partial charge in [0.15, 0.2) is 6.23 Å². The van der Waals surface area contributed by atoms with Gasteiger partial charge in [-0.15, -0.1) is 0 Å². The van der Waals surface area contributed by atoms with E-state index in [1.807, 2.05) is 73.6 Å². The number of rotatable bonds is 8. The predicted octanol–water partition coefficient (Wildman–Crippen LogP) is 4.41. The average Bonchev–Trinajstić information content (AvgIpc) is 2.77. The Balaban J connectivity index is 1.60. The van der Waals surface area contributed by atoms with Crippen LogP contribution in [0, 0.1) is 0 Å². The minimum absolute atomic E-state index is 0.205. The van der Waals surface area contributed by atoms with E-state index in [9.17, 15) is 4.79 Å². The molecule has 0 aliphatic carbocycles. The molecule has 5 heteroatoms. The van der Waals surface area contributed by atoms with E-state index in [-0.39, 0.29) is 5.91 Å². The Bertz CT molecular complexity index is 907. The van der Waals surface area contributed by atoms with Gasteiger partial charge in [0.2, 0.25) is 0 Å². The van der Waals surface area contributed by atoms with Gasteiger partial charge in [0, 0.05) is 38.0 Å². The van der Waals surface area contributed by atoms with Crippen molar-refractivity contribution in [2.24, 2.45) is 0 Å². The second-order valence-corrected chi connectivity index (χ2v) is 6.87. The molecule has 0 bridgehead atoms. The number of nitrogens with one attached hydrogen (secondary N) is 1. The van der Waals surface area contributed by atoms with E-state index >= 15 is 0 Å². The van der Waals surface area contributed by atoms with Crippen LogP contribution in [0.5, 0.6) is 5.75 Å². The van der Waals surface area contributed by atoms with Gasteiger partial charge in [-0.1, -0.05) is 42.5 Å². The predicted molar refractivity (Wildman–Crippen MR) is 115 cm³/mol. The Morgan fingerprint density at radius 3 is 2.17 bits per heavy atom.